The lowest BCUT2D eigenvalue weighted by molar-refractivity contribution is 0.0947. The number of nitrogen functional groups attached to an aromatic ring is 1. The fraction of sp³-hybridized carbons (Fsp3) is 0.250. The maximum Gasteiger partial charge on any atom is 0.253 e. The van der Waals surface area contributed by atoms with E-state index in [2.05, 4.69) is 15.3 Å². The number of hydrogen-bond acceptors (Lipinski definition) is 5. The first-order valence-electron chi connectivity index (χ1n) is 5.62. The monoisotopic (exact) mass is 246 g/mol. The number of hydrogen-bond donors (Lipinski definition) is 2. The summed E-state index contributed by atoms with van der Waals surface area (Å²) in [5, 5.41) is 2.70. The van der Waals surface area contributed by atoms with Crippen molar-refractivity contribution >= 4 is 11.7 Å². The summed E-state index contributed by atoms with van der Waals surface area (Å²) in [6.45, 7) is 2.23. The molecule has 3 N–H and O–H groups in total. The summed E-state index contributed by atoms with van der Waals surface area (Å²) in [7, 11) is 0. The average Bonchev–Trinajstić information content (AvgIpc) is 2.85. The molecule has 2 aromatic rings. The van der Waals surface area contributed by atoms with Crippen molar-refractivity contribution < 1.29 is 9.21 Å². The van der Waals surface area contributed by atoms with Crippen molar-refractivity contribution in [3.8, 4) is 0 Å². The number of rotatable bonds is 4. The van der Waals surface area contributed by atoms with Crippen LogP contribution in [0.25, 0.3) is 0 Å². The van der Waals surface area contributed by atoms with Gasteiger partial charge in [-0.1, -0.05) is 6.92 Å². The molecule has 0 aliphatic rings. The largest absolute Gasteiger partial charge is 0.444 e. The Morgan fingerprint density at radius 2 is 2.22 bits per heavy atom. The highest BCUT2D eigenvalue weighted by molar-refractivity contribution is 5.93. The SMILES string of the molecule is CCc1cnc(CNC(=O)c2ccc(N)nc2)o1. The van der Waals surface area contributed by atoms with E-state index in [1.165, 1.54) is 6.20 Å². The Bertz CT molecular complexity index is 533. The van der Waals surface area contributed by atoms with E-state index in [1.807, 2.05) is 6.92 Å². The van der Waals surface area contributed by atoms with Gasteiger partial charge in [0, 0.05) is 12.6 Å². The van der Waals surface area contributed by atoms with Gasteiger partial charge in [-0.25, -0.2) is 9.97 Å². The van der Waals surface area contributed by atoms with Crippen LogP contribution in [0.15, 0.2) is 28.9 Å². The van der Waals surface area contributed by atoms with E-state index < -0.39 is 0 Å². The first-order chi connectivity index (χ1) is 8.69. The van der Waals surface area contributed by atoms with Gasteiger partial charge < -0.3 is 15.5 Å². The van der Waals surface area contributed by atoms with Gasteiger partial charge >= 0.3 is 0 Å². The smallest absolute Gasteiger partial charge is 0.253 e. The standard InChI is InChI=1S/C12H14N4O2/c1-2-9-6-15-11(18-9)7-16-12(17)8-3-4-10(13)14-5-8/h3-6H,2,7H2,1H3,(H2,13,14)(H,16,17). The third-order valence-electron chi connectivity index (χ3n) is 2.40. The van der Waals surface area contributed by atoms with Crippen molar-refractivity contribution in [3.05, 3.63) is 41.7 Å². The lowest BCUT2D eigenvalue weighted by Crippen LogP contribution is -2.23. The highest BCUT2D eigenvalue weighted by atomic mass is 16.4. The first-order valence-corrected chi connectivity index (χ1v) is 5.62. The van der Waals surface area contributed by atoms with Gasteiger partial charge in [0.2, 0.25) is 5.89 Å². The molecule has 0 bridgehead atoms. The van der Waals surface area contributed by atoms with Crippen LogP contribution in [0.5, 0.6) is 0 Å². The van der Waals surface area contributed by atoms with Crippen molar-refractivity contribution in [2.24, 2.45) is 0 Å². The van der Waals surface area contributed by atoms with Gasteiger partial charge in [-0.15, -0.1) is 0 Å². The lowest BCUT2D eigenvalue weighted by atomic mass is 10.2. The van der Waals surface area contributed by atoms with Crippen LogP contribution in [0.3, 0.4) is 0 Å². The zero-order valence-electron chi connectivity index (χ0n) is 10.0. The van der Waals surface area contributed by atoms with Gasteiger partial charge in [-0.2, -0.15) is 0 Å². The number of aryl methyl sites for hydroxylation is 1. The molecular formula is C12H14N4O2. The molecule has 0 radical (unpaired) electrons. The zero-order chi connectivity index (χ0) is 13.0. The fourth-order valence-electron chi connectivity index (χ4n) is 1.39. The second-order valence-electron chi connectivity index (χ2n) is 3.73. The maximum atomic E-state index is 11.7. The molecule has 2 rings (SSSR count). The number of oxazole rings is 1. The van der Waals surface area contributed by atoms with E-state index >= 15 is 0 Å². The molecule has 2 aromatic heterocycles. The third-order valence-corrected chi connectivity index (χ3v) is 2.40. The Morgan fingerprint density at radius 1 is 1.39 bits per heavy atom. The molecule has 2 heterocycles. The number of aromatic nitrogens is 2. The highest BCUT2D eigenvalue weighted by Gasteiger charge is 2.08. The summed E-state index contributed by atoms with van der Waals surface area (Å²) in [5.74, 6) is 1.43. The predicted molar refractivity (Wildman–Crippen MR) is 65.7 cm³/mol. The summed E-state index contributed by atoms with van der Waals surface area (Å²) in [6, 6.07) is 3.19. The molecule has 18 heavy (non-hydrogen) atoms. The second kappa shape index (κ2) is 5.31. The molecule has 0 aliphatic carbocycles. The van der Waals surface area contributed by atoms with Crippen LogP contribution in [-0.4, -0.2) is 15.9 Å². The molecule has 6 nitrogen and oxygen atoms in total. The van der Waals surface area contributed by atoms with Gasteiger partial charge in [0.15, 0.2) is 0 Å². The van der Waals surface area contributed by atoms with Gasteiger partial charge in [0.05, 0.1) is 18.3 Å². The van der Waals surface area contributed by atoms with Crippen molar-refractivity contribution in [2.75, 3.05) is 5.73 Å². The Kier molecular flexibility index (Phi) is 3.57. The number of nitrogens with two attached hydrogens (primary N) is 1. The van der Waals surface area contributed by atoms with Crippen LogP contribution < -0.4 is 11.1 Å². The lowest BCUT2D eigenvalue weighted by Gasteiger charge is -2.02. The molecule has 0 fully saturated rings. The molecule has 0 spiro atoms. The van der Waals surface area contributed by atoms with Gasteiger partial charge in [0.25, 0.3) is 5.91 Å². The molecule has 1 amide bonds. The van der Waals surface area contributed by atoms with E-state index in [0.717, 1.165) is 12.2 Å². The molecule has 0 aromatic carbocycles. The molecule has 0 aliphatic heterocycles. The van der Waals surface area contributed by atoms with E-state index in [1.54, 1.807) is 18.3 Å². The van der Waals surface area contributed by atoms with E-state index in [9.17, 15) is 4.79 Å². The Balaban J connectivity index is 1.93. The van der Waals surface area contributed by atoms with Crippen LogP contribution in [0, 0.1) is 0 Å². The van der Waals surface area contributed by atoms with Crippen molar-refractivity contribution in [3.63, 3.8) is 0 Å². The molecule has 0 saturated carbocycles. The first kappa shape index (κ1) is 12.1. The topological polar surface area (TPSA) is 94.0 Å². The molecule has 0 atom stereocenters. The van der Waals surface area contributed by atoms with Crippen molar-refractivity contribution in [1.29, 1.82) is 0 Å². The number of nitrogens with zero attached hydrogens (tertiary/aromatic N) is 2. The molecule has 0 saturated heterocycles. The number of nitrogens with one attached hydrogen (secondary N) is 1. The van der Waals surface area contributed by atoms with E-state index in [-0.39, 0.29) is 12.5 Å². The Hall–Kier alpha value is -2.37. The summed E-state index contributed by atoms with van der Waals surface area (Å²) >= 11 is 0. The van der Waals surface area contributed by atoms with Crippen LogP contribution in [-0.2, 0) is 13.0 Å². The fourth-order valence-corrected chi connectivity index (χ4v) is 1.39. The second-order valence-corrected chi connectivity index (χ2v) is 3.73. The molecule has 0 unspecified atom stereocenters. The normalized spacial score (nSPS) is 10.3. The van der Waals surface area contributed by atoms with Crippen molar-refractivity contribution in [1.82, 2.24) is 15.3 Å². The summed E-state index contributed by atoms with van der Waals surface area (Å²) in [5.41, 5.74) is 5.89. The predicted octanol–water partition coefficient (Wildman–Crippen LogP) is 1.14. The van der Waals surface area contributed by atoms with Crippen molar-refractivity contribution in [2.45, 2.75) is 19.9 Å². The van der Waals surface area contributed by atoms with E-state index in [0.29, 0.717) is 17.3 Å². The van der Waals surface area contributed by atoms with Gasteiger partial charge in [0.1, 0.15) is 11.6 Å². The Morgan fingerprint density at radius 3 is 2.83 bits per heavy atom. The average molecular weight is 246 g/mol. The highest BCUT2D eigenvalue weighted by Crippen LogP contribution is 2.05. The minimum atomic E-state index is -0.237. The van der Waals surface area contributed by atoms with Crippen LogP contribution in [0.1, 0.15) is 28.9 Å². The van der Waals surface area contributed by atoms with Crippen LogP contribution >= 0.6 is 0 Å². The van der Waals surface area contributed by atoms with Gasteiger partial charge in [-0.05, 0) is 12.1 Å². The number of amides is 1. The number of anilines is 1. The molecule has 6 heteroatoms. The van der Waals surface area contributed by atoms with E-state index in [4.69, 9.17) is 10.2 Å². The van der Waals surface area contributed by atoms with Gasteiger partial charge in [-0.3, -0.25) is 4.79 Å². The Labute approximate surface area is 104 Å². The maximum absolute atomic E-state index is 11.7. The summed E-state index contributed by atoms with van der Waals surface area (Å²) in [4.78, 5) is 19.6. The third kappa shape index (κ3) is 2.85. The zero-order valence-corrected chi connectivity index (χ0v) is 10.0. The molecule has 94 valence electrons. The minimum Gasteiger partial charge on any atom is -0.444 e. The number of pyridine rings is 1. The molecular weight excluding hydrogens is 232 g/mol. The minimum absolute atomic E-state index is 0.237. The number of carbonyl (C=O) groups is 1. The van der Waals surface area contributed by atoms with Crippen LogP contribution in [0.4, 0.5) is 5.82 Å². The summed E-state index contributed by atoms with van der Waals surface area (Å²) in [6.07, 6.45) is 3.87. The quantitative estimate of drug-likeness (QED) is 0.843. The van der Waals surface area contributed by atoms with Crippen LogP contribution in [0.2, 0.25) is 0 Å². The summed E-state index contributed by atoms with van der Waals surface area (Å²) < 4.78 is 5.38. The number of carbonyl (C=O) groups excluding carboxylic acids is 1.